The summed E-state index contributed by atoms with van der Waals surface area (Å²) in [6, 6.07) is 11.6. The van der Waals surface area contributed by atoms with Crippen LogP contribution in [0.3, 0.4) is 0 Å². The van der Waals surface area contributed by atoms with Crippen LogP contribution in [-0.4, -0.2) is 26.8 Å². The molecule has 138 valence electrons. The van der Waals surface area contributed by atoms with Gasteiger partial charge in [-0.15, -0.1) is 10.2 Å². The smallest absolute Gasteiger partial charge is 0.325 e. The van der Waals surface area contributed by atoms with Crippen molar-refractivity contribution in [2.75, 3.05) is 11.1 Å². The van der Waals surface area contributed by atoms with E-state index in [1.165, 1.54) is 12.1 Å². The lowest BCUT2D eigenvalue weighted by atomic mass is 10.2. The second-order valence-corrected chi connectivity index (χ2v) is 6.41. The minimum absolute atomic E-state index is 0.00281. The van der Waals surface area contributed by atoms with Gasteiger partial charge in [-0.1, -0.05) is 17.8 Å². The molecule has 1 aromatic carbocycles. The van der Waals surface area contributed by atoms with Crippen LogP contribution >= 0.6 is 11.8 Å². The van der Waals surface area contributed by atoms with Gasteiger partial charge in [0.1, 0.15) is 5.03 Å². The predicted octanol–water partition coefficient (Wildman–Crippen LogP) is 4.29. The summed E-state index contributed by atoms with van der Waals surface area (Å²) in [4.78, 5) is 16.0. The van der Waals surface area contributed by atoms with Crippen LogP contribution < -0.4 is 5.32 Å². The Labute approximate surface area is 157 Å². The molecule has 2 aromatic heterocycles. The molecule has 0 aliphatic heterocycles. The lowest BCUT2D eigenvalue weighted by Gasteiger charge is -2.09. The maximum atomic E-state index is 12.7. The summed E-state index contributed by atoms with van der Waals surface area (Å²) in [5, 5.41) is 11.1. The van der Waals surface area contributed by atoms with E-state index < -0.39 is 17.6 Å². The largest absolute Gasteiger partial charge is 0.416 e. The molecule has 2 heterocycles. The fourth-order valence-electron chi connectivity index (χ4n) is 2.18. The molecule has 3 rings (SSSR count). The molecule has 9 heteroatoms. The second-order valence-electron chi connectivity index (χ2n) is 5.41. The number of pyridine rings is 1. The van der Waals surface area contributed by atoms with Crippen LogP contribution in [0.25, 0.3) is 11.3 Å². The van der Waals surface area contributed by atoms with Crippen LogP contribution in [0.15, 0.2) is 66.0 Å². The number of thioether (sulfide) groups is 1. The minimum atomic E-state index is -4.46. The van der Waals surface area contributed by atoms with E-state index in [0.717, 1.165) is 29.5 Å². The van der Waals surface area contributed by atoms with Crippen LogP contribution in [0, 0.1) is 0 Å². The highest BCUT2D eigenvalue weighted by molar-refractivity contribution is 7.99. The lowest BCUT2D eigenvalue weighted by molar-refractivity contribution is -0.137. The lowest BCUT2D eigenvalue weighted by Crippen LogP contribution is -2.15. The maximum Gasteiger partial charge on any atom is 0.416 e. The van der Waals surface area contributed by atoms with Gasteiger partial charge in [-0.05, 0) is 42.5 Å². The number of halogens is 3. The summed E-state index contributed by atoms with van der Waals surface area (Å²) in [5.41, 5.74) is 0.753. The van der Waals surface area contributed by atoms with E-state index in [-0.39, 0.29) is 11.4 Å². The van der Waals surface area contributed by atoms with Gasteiger partial charge >= 0.3 is 6.18 Å². The van der Waals surface area contributed by atoms with Crippen molar-refractivity contribution in [2.24, 2.45) is 0 Å². The van der Waals surface area contributed by atoms with Gasteiger partial charge in [-0.2, -0.15) is 13.2 Å². The summed E-state index contributed by atoms with van der Waals surface area (Å²) in [6.07, 6.45) is -1.13. The van der Waals surface area contributed by atoms with Crippen LogP contribution in [0.1, 0.15) is 5.56 Å². The molecule has 3 aromatic rings. The molecule has 1 N–H and O–H groups in total. The third-order valence-electron chi connectivity index (χ3n) is 3.42. The Balaban J connectivity index is 1.56. The number of benzene rings is 1. The molecular formula is C18H13F3N4OS. The Morgan fingerprint density at radius 3 is 2.59 bits per heavy atom. The molecule has 0 saturated heterocycles. The van der Waals surface area contributed by atoms with Crippen molar-refractivity contribution in [2.45, 2.75) is 11.2 Å². The van der Waals surface area contributed by atoms with E-state index in [1.807, 2.05) is 6.07 Å². The summed E-state index contributed by atoms with van der Waals surface area (Å²) < 4.78 is 38.1. The standard InChI is InChI=1S/C18H13F3N4OS/c19-18(20,21)13-4-1-5-14(9-13)23-16(26)11-27-17-7-6-15(24-25-17)12-3-2-8-22-10-12/h1-10H,11H2,(H,23,26). The molecule has 0 radical (unpaired) electrons. The van der Waals surface area contributed by atoms with E-state index in [1.54, 1.807) is 30.6 Å². The molecule has 0 bridgehead atoms. The number of nitrogens with zero attached hydrogens (tertiary/aromatic N) is 3. The van der Waals surface area contributed by atoms with Gasteiger partial charge in [0.2, 0.25) is 5.91 Å². The van der Waals surface area contributed by atoms with E-state index in [9.17, 15) is 18.0 Å². The van der Waals surface area contributed by atoms with Crippen molar-refractivity contribution >= 4 is 23.4 Å². The molecule has 5 nitrogen and oxygen atoms in total. The number of aromatic nitrogens is 3. The minimum Gasteiger partial charge on any atom is -0.325 e. The quantitative estimate of drug-likeness (QED) is 0.659. The molecule has 0 saturated carbocycles. The van der Waals surface area contributed by atoms with Gasteiger partial charge in [0.25, 0.3) is 0 Å². The van der Waals surface area contributed by atoms with E-state index in [4.69, 9.17) is 0 Å². The summed E-state index contributed by atoms with van der Waals surface area (Å²) in [6.45, 7) is 0. The molecule has 0 fully saturated rings. The highest BCUT2D eigenvalue weighted by atomic mass is 32.2. The van der Waals surface area contributed by atoms with Crippen LogP contribution in [0.5, 0.6) is 0 Å². The summed E-state index contributed by atoms with van der Waals surface area (Å²) in [7, 11) is 0. The van der Waals surface area contributed by atoms with Gasteiger partial charge in [-0.3, -0.25) is 9.78 Å². The number of carbonyl (C=O) groups is 1. The SMILES string of the molecule is O=C(CSc1ccc(-c2cccnc2)nn1)Nc1cccc(C(F)(F)F)c1. The molecular weight excluding hydrogens is 377 g/mol. The first kappa shape index (κ1) is 18.8. The first-order valence-electron chi connectivity index (χ1n) is 7.76. The first-order valence-corrected chi connectivity index (χ1v) is 8.74. The van der Waals surface area contributed by atoms with Gasteiger partial charge < -0.3 is 5.32 Å². The van der Waals surface area contributed by atoms with Crippen molar-refractivity contribution in [1.82, 2.24) is 15.2 Å². The number of alkyl halides is 3. The third-order valence-corrected chi connectivity index (χ3v) is 4.34. The Kier molecular flexibility index (Phi) is 5.70. The molecule has 0 unspecified atom stereocenters. The van der Waals surface area contributed by atoms with Crippen molar-refractivity contribution in [3.8, 4) is 11.3 Å². The van der Waals surface area contributed by atoms with Crippen molar-refractivity contribution in [3.05, 3.63) is 66.5 Å². The molecule has 0 spiro atoms. The zero-order chi connectivity index (χ0) is 19.3. The molecule has 0 atom stereocenters. The number of hydrogen-bond acceptors (Lipinski definition) is 5. The number of nitrogens with one attached hydrogen (secondary N) is 1. The van der Waals surface area contributed by atoms with Gasteiger partial charge in [0, 0.05) is 23.6 Å². The van der Waals surface area contributed by atoms with Crippen LogP contribution in [0.2, 0.25) is 0 Å². The normalized spacial score (nSPS) is 11.2. The van der Waals surface area contributed by atoms with Crippen LogP contribution in [-0.2, 0) is 11.0 Å². The molecule has 0 aliphatic carbocycles. The van der Waals surface area contributed by atoms with Crippen molar-refractivity contribution in [3.63, 3.8) is 0 Å². The summed E-state index contributed by atoms with van der Waals surface area (Å²) >= 11 is 1.14. The number of carbonyl (C=O) groups excluding carboxylic acids is 1. The zero-order valence-corrected chi connectivity index (χ0v) is 14.6. The Morgan fingerprint density at radius 2 is 1.93 bits per heavy atom. The Bertz CT molecular complexity index is 918. The monoisotopic (exact) mass is 390 g/mol. The van der Waals surface area contributed by atoms with E-state index in [2.05, 4.69) is 20.5 Å². The molecule has 27 heavy (non-hydrogen) atoms. The highest BCUT2D eigenvalue weighted by Gasteiger charge is 2.30. The topological polar surface area (TPSA) is 67.8 Å². The zero-order valence-electron chi connectivity index (χ0n) is 13.8. The Hall–Kier alpha value is -2.94. The number of anilines is 1. The van der Waals surface area contributed by atoms with E-state index in [0.29, 0.717) is 10.7 Å². The molecule has 1 amide bonds. The van der Waals surface area contributed by atoms with Crippen molar-refractivity contribution in [1.29, 1.82) is 0 Å². The average molecular weight is 390 g/mol. The van der Waals surface area contributed by atoms with E-state index >= 15 is 0 Å². The number of hydrogen-bond donors (Lipinski definition) is 1. The first-order chi connectivity index (χ1) is 12.9. The molecule has 0 aliphatic rings. The van der Waals surface area contributed by atoms with Gasteiger partial charge in [0.05, 0.1) is 17.0 Å². The summed E-state index contributed by atoms with van der Waals surface area (Å²) in [5.74, 6) is -0.436. The van der Waals surface area contributed by atoms with Gasteiger partial charge in [-0.25, -0.2) is 0 Å². The predicted molar refractivity (Wildman–Crippen MR) is 96.1 cm³/mol. The maximum absolute atomic E-state index is 12.7. The van der Waals surface area contributed by atoms with Crippen molar-refractivity contribution < 1.29 is 18.0 Å². The number of rotatable bonds is 5. The fraction of sp³-hybridized carbons (Fsp3) is 0.111. The average Bonchev–Trinajstić information content (AvgIpc) is 2.67. The highest BCUT2D eigenvalue weighted by Crippen LogP contribution is 2.30. The second kappa shape index (κ2) is 8.17. The van der Waals surface area contributed by atoms with Crippen LogP contribution in [0.4, 0.5) is 18.9 Å². The number of amides is 1. The Morgan fingerprint density at radius 1 is 1.07 bits per heavy atom. The fourth-order valence-corrected chi connectivity index (χ4v) is 2.79. The third kappa shape index (κ3) is 5.27. The van der Waals surface area contributed by atoms with Gasteiger partial charge in [0.15, 0.2) is 0 Å².